The first-order valence-corrected chi connectivity index (χ1v) is 8.72. The van der Waals surface area contributed by atoms with Gasteiger partial charge in [-0.15, -0.1) is 0 Å². The highest BCUT2D eigenvalue weighted by Crippen LogP contribution is 2.27. The van der Waals surface area contributed by atoms with Crippen molar-refractivity contribution in [3.8, 4) is 11.5 Å². The standard InChI is InChI=1S/C21H23N3O3/c1-16-6-7-19(20(10-16)26-2)27-14-21(25)23-12-17-4-3-5-18(11-17)13-24-9-8-22-15-24/h3-11,15H,12-14H2,1-2H3,(H,23,25). The van der Waals surface area contributed by atoms with Gasteiger partial charge in [-0.3, -0.25) is 4.79 Å². The number of rotatable bonds is 8. The van der Waals surface area contributed by atoms with Crippen LogP contribution in [0.15, 0.2) is 61.2 Å². The molecule has 0 aliphatic carbocycles. The van der Waals surface area contributed by atoms with Crippen LogP contribution < -0.4 is 14.8 Å². The summed E-state index contributed by atoms with van der Waals surface area (Å²) in [6.45, 7) is 3.11. The van der Waals surface area contributed by atoms with Crippen molar-refractivity contribution in [3.63, 3.8) is 0 Å². The number of aryl methyl sites for hydroxylation is 1. The fraction of sp³-hybridized carbons (Fsp3) is 0.238. The average Bonchev–Trinajstić information content (AvgIpc) is 3.18. The molecule has 0 saturated carbocycles. The summed E-state index contributed by atoms with van der Waals surface area (Å²) in [5.41, 5.74) is 3.26. The Labute approximate surface area is 158 Å². The lowest BCUT2D eigenvalue weighted by molar-refractivity contribution is -0.123. The molecule has 1 N–H and O–H groups in total. The first-order chi connectivity index (χ1) is 13.1. The lowest BCUT2D eigenvalue weighted by atomic mass is 10.1. The third kappa shape index (κ3) is 5.34. The first-order valence-electron chi connectivity index (χ1n) is 8.72. The normalized spacial score (nSPS) is 10.4. The highest BCUT2D eigenvalue weighted by Gasteiger charge is 2.08. The number of nitrogens with one attached hydrogen (secondary N) is 1. The minimum absolute atomic E-state index is 0.0614. The molecule has 0 radical (unpaired) electrons. The van der Waals surface area contributed by atoms with Crippen LogP contribution in [0.5, 0.6) is 11.5 Å². The van der Waals surface area contributed by atoms with E-state index < -0.39 is 0 Å². The number of aromatic nitrogens is 2. The van der Waals surface area contributed by atoms with Gasteiger partial charge in [-0.05, 0) is 35.7 Å². The van der Waals surface area contributed by atoms with Crippen molar-refractivity contribution < 1.29 is 14.3 Å². The van der Waals surface area contributed by atoms with Crippen molar-refractivity contribution in [2.24, 2.45) is 0 Å². The van der Waals surface area contributed by atoms with Gasteiger partial charge < -0.3 is 19.4 Å². The predicted octanol–water partition coefficient (Wildman–Crippen LogP) is 2.94. The number of methoxy groups -OCH3 is 1. The molecule has 0 spiro atoms. The van der Waals surface area contributed by atoms with Crippen molar-refractivity contribution in [1.82, 2.24) is 14.9 Å². The first kappa shape index (κ1) is 18.5. The largest absolute Gasteiger partial charge is 0.493 e. The molecule has 1 amide bonds. The van der Waals surface area contributed by atoms with Gasteiger partial charge in [0.05, 0.1) is 13.4 Å². The summed E-state index contributed by atoms with van der Waals surface area (Å²) in [4.78, 5) is 16.2. The van der Waals surface area contributed by atoms with Crippen LogP contribution in [0.3, 0.4) is 0 Å². The third-order valence-electron chi connectivity index (χ3n) is 4.08. The van der Waals surface area contributed by atoms with E-state index in [4.69, 9.17) is 9.47 Å². The molecular weight excluding hydrogens is 342 g/mol. The molecule has 3 rings (SSSR count). The molecule has 6 nitrogen and oxygen atoms in total. The van der Waals surface area contributed by atoms with Gasteiger partial charge in [-0.2, -0.15) is 0 Å². The number of carbonyl (C=O) groups is 1. The van der Waals surface area contributed by atoms with Gasteiger partial charge >= 0.3 is 0 Å². The van der Waals surface area contributed by atoms with E-state index in [1.54, 1.807) is 25.7 Å². The van der Waals surface area contributed by atoms with Crippen LogP contribution in [0.2, 0.25) is 0 Å². The predicted molar refractivity (Wildman–Crippen MR) is 103 cm³/mol. The molecule has 27 heavy (non-hydrogen) atoms. The lowest BCUT2D eigenvalue weighted by Gasteiger charge is -2.12. The Morgan fingerprint density at radius 3 is 2.78 bits per heavy atom. The molecule has 0 aliphatic rings. The van der Waals surface area contributed by atoms with E-state index in [9.17, 15) is 4.79 Å². The van der Waals surface area contributed by atoms with Crippen molar-refractivity contribution in [1.29, 1.82) is 0 Å². The second-order valence-electron chi connectivity index (χ2n) is 6.27. The monoisotopic (exact) mass is 365 g/mol. The molecule has 140 valence electrons. The van der Waals surface area contributed by atoms with Gasteiger partial charge in [-0.1, -0.05) is 30.3 Å². The summed E-state index contributed by atoms with van der Waals surface area (Å²) in [6, 6.07) is 13.7. The number of amides is 1. The zero-order valence-electron chi connectivity index (χ0n) is 15.5. The maximum absolute atomic E-state index is 12.1. The number of nitrogens with zero attached hydrogens (tertiary/aromatic N) is 2. The van der Waals surface area contributed by atoms with Crippen molar-refractivity contribution in [2.75, 3.05) is 13.7 Å². The Kier molecular flexibility index (Phi) is 6.10. The van der Waals surface area contributed by atoms with Gasteiger partial charge in [0, 0.05) is 25.5 Å². The van der Waals surface area contributed by atoms with E-state index in [-0.39, 0.29) is 12.5 Å². The second-order valence-corrected chi connectivity index (χ2v) is 6.27. The van der Waals surface area contributed by atoms with Crippen molar-refractivity contribution >= 4 is 5.91 Å². The van der Waals surface area contributed by atoms with Gasteiger partial charge in [-0.25, -0.2) is 4.98 Å². The van der Waals surface area contributed by atoms with Crippen molar-refractivity contribution in [3.05, 3.63) is 77.9 Å². The van der Waals surface area contributed by atoms with E-state index in [1.807, 2.05) is 42.0 Å². The summed E-state index contributed by atoms with van der Waals surface area (Å²) < 4.78 is 12.9. The maximum atomic E-state index is 12.1. The average molecular weight is 365 g/mol. The molecule has 0 bridgehead atoms. The van der Waals surface area contributed by atoms with Crippen LogP contribution in [0, 0.1) is 6.92 Å². The van der Waals surface area contributed by atoms with E-state index in [0.29, 0.717) is 18.0 Å². The number of ether oxygens (including phenoxy) is 2. The molecule has 0 fully saturated rings. The highest BCUT2D eigenvalue weighted by molar-refractivity contribution is 5.77. The molecule has 1 heterocycles. The molecule has 3 aromatic rings. The van der Waals surface area contributed by atoms with E-state index in [0.717, 1.165) is 23.2 Å². The summed E-state index contributed by atoms with van der Waals surface area (Å²) in [5.74, 6) is 0.994. The fourth-order valence-electron chi connectivity index (χ4n) is 2.72. The van der Waals surface area contributed by atoms with Gasteiger partial charge in [0.25, 0.3) is 5.91 Å². The minimum atomic E-state index is -0.183. The van der Waals surface area contributed by atoms with Gasteiger partial charge in [0.15, 0.2) is 18.1 Å². The van der Waals surface area contributed by atoms with Crippen LogP contribution in [0.1, 0.15) is 16.7 Å². The summed E-state index contributed by atoms with van der Waals surface area (Å²) in [7, 11) is 1.58. The number of hydrogen-bond donors (Lipinski definition) is 1. The van der Waals surface area contributed by atoms with Crippen LogP contribution in [-0.2, 0) is 17.9 Å². The molecule has 1 aromatic heterocycles. The number of benzene rings is 2. The van der Waals surface area contributed by atoms with E-state index in [2.05, 4.69) is 22.4 Å². The Balaban J connectivity index is 1.50. The topological polar surface area (TPSA) is 65.4 Å². The highest BCUT2D eigenvalue weighted by atomic mass is 16.5. The number of imidazole rings is 1. The van der Waals surface area contributed by atoms with Crippen molar-refractivity contribution in [2.45, 2.75) is 20.0 Å². The molecule has 2 aromatic carbocycles. The van der Waals surface area contributed by atoms with E-state index in [1.165, 1.54) is 0 Å². The molecule has 6 heteroatoms. The molecule has 0 aliphatic heterocycles. The zero-order valence-corrected chi connectivity index (χ0v) is 15.5. The zero-order chi connectivity index (χ0) is 19.1. The minimum Gasteiger partial charge on any atom is -0.493 e. The quantitative estimate of drug-likeness (QED) is 0.667. The molecule has 0 saturated heterocycles. The lowest BCUT2D eigenvalue weighted by Crippen LogP contribution is -2.28. The fourth-order valence-corrected chi connectivity index (χ4v) is 2.72. The maximum Gasteiger partial charge on any atom is 0.258 e. The third-order valence-corrected chi connectivity index (χ3v) is 4.08. The van der Waals surface area contributed by atoms with Crippen LogP contribution in [0.4, 0.5) is 0 Å². The van der Waals surface area contributed by atoms with E-state index >= 15 is 0 Å². The Bertz CT molecular complexity index is 891. The number of hydrogen-bond acceptors (Lipinski definition) is 4. The van der Waals surface area contributed by atoms with Crippen LogP contribution in [-0.4, -0.2) is 29.2 Å². The Morgan fingerprint density at radius 2 is 2.00 bits per heavy atom. The van der Waals surface area contributed by atoms with Gasteiger partial charge in [0.1, 0.15) is 0 Å². The smallest absolute Gasteiger partial charge is 0.258 e. The number of carbonyl (C=O) groups excluding carboxylic acids is 1. The Hall–Kier alpha value is -3.28. The molecule has 0 unspecified atom stereocenters. The molecule has 0 atom stereocenters. The second kappa shape index (κ2) is 8.89. The molecular formula is C21H23N3O3. The Morgan fingerprint density at radius 1 is 1.15 bits per heavy atom. The van der Waals surface area contributed by atoms with Crippen LogP contribution >= 0.6 is 0 Å². The van der Waals surface area contributed by atoms with Gasteiger partial charge in [0.2, 0.25) is 0 Å². The van der Waals surface area contributed by atoms with Crippen LogP contribution in [0.25, 0.3) is 0 Å². The SMILES string of the molecule is COc1cc(C)ccc1OCC(=O)NCc1cccc(Cn2ccnc2)c1. The summed E-state index contributed by atoms with van der Waals surface area (Å²) in [6.07, 6.45) is 5.46. The summed E-state index contributed by atoms with van der Waals surface area (Å²) >= 11 is 0. The summed E-state index contributed by atoms with van der Waals surface area (Å²) in [5, 5.41) is 2.88.